The van der Waals surface area contributed by atoms with Crippen LogP contribution in [-0.4, -0.2) is 24.4 Å². The first-order valence-corrected chi connectivity index (χ1v) is 8.66. The number of amides is 2. The molecule has 0 radical (unpaired) electrons. The highest BCUT2D eigenvalue weighted by atomic mass is 35.5. The summed E-state index contributed by atoms with van der Waals surface area (Å²) in [7, 11) is 0. The third-order valence-electron chi connectivity index (χ3n) is 3.38. The molecule has 2 amide bonds. The first-order valence-electron chi connectivity index (χ1n) is 8.28. The van der Waals surface area contributed by atoms with E-state index in [1.54, 1.807) is 54.6 Å². The molecule has 27 heavy (non-hydrogen) atoms. The molecule has 0 saturated heterocycles. The minimum absolute atomic E-state index is 0.276. The predicted octanol–water partition coefficient (Wildman–Crippen LogP) is 4.04. The zero-order valence-corrected chi connectivity index (χ0v) is 15.5. The third-order valence-corrected chi connectivity index (χ3v) is 3.64. The molecule has 0 heterocycles. The molecule has 0 aliphatic rings. The Morgan fingerprint density at radius 3 is 2.44 bits per heavy atom. The number of hydrogen-bond donors (Lipinski definition) is 2. The van der Waals surface area contributed by atoms with Crippen LogP contribution < -0.4 is 10.6 Å². The molecule has 2 N–H and O–H groups in total. The lowest BCUT2D eigenvalue weighted by molar-refractivity contribution is -0.142. The first kappa shape index (κ1) is 20.2. The fourth-order valence-corrected chi connectivity index (χ4v) is 2.23. The summed E-state index contributed by atoms with van der Waals surface area (Å²) >= 11 is 5.83. The van der Waals surface area contributed by atoms with E-state index in [9.17, 15) is 14.4 Å². The van der Waals surface area contributed by atoms with Gasteiger partial charge < -0.3 is 15.4 Å². The van der Waals surface area contributed by atoms with Crippen molar-refractivity contribution in [2.75, 3.05) is 17.2 Å². The summed E-state index contributed by atoms with van der Waals surface area (Å²) in [6, 6.07) is 13.2. The van der Waals surface area contributed by atoms with E-state index < -0.39 is 24.4 Å². The van der Waals surface area contributed by atoms with Gasteiger partial charge in [0.25, 0.3) is 11.8 Å². The Labute approximate surface area is 162 Å². The number of rotatable bonds is 7. The van der Waals surface area contributed by atoms with Gasteiger partial charge in [-0.2, -0.15) is 0 Å². The van der Waals surface area contributed by atoms with Gasteiger partial charge in [0.15, 0.2) is 6.61 Å². The second-order valence-electron chi connectivity index (χ2n) is 5.47. The molecule has 0 aliphatic carbocycles. The molecule has 0 atom stereocenters. The van der Waals surface area contributed by atoms with Crippen molar-refractivity contribution in [3.8, 4) is 0 Å². The van der Waals surface area contributed by atoms with Gasteiger partial charge in [-0.1, -0.05) is 36.7 Å². The van der Waals surface area contributed by atoms with Crippen molar-refractivity contribution in [3.63, 3.8) is 0 Å². The Bertz CT molecular complexity index is 847. The van der Waals surface area contributed by atoms with Crippen LogP contribution in [0.25, 0.3) is 0 Å². The van der Waals surface area contributed by atoms with Crippen molar-refractivity contribution < 1.29 is 19.1 Å². The van der Waals surface area contributed by atoms with Gasteiger partial charge >= 0.3 is 5.97 Å². The van der Waals surface area contributed by atoms with Crippen molar-refractivity contribution in [2.24, 2.45) is 0 Å². The SMILES string of the molecule is CC/C=C/C(=O)OCC(=O)Nc1ccccc1C(=O)Nc1ccc(Cl)cc1. The normalized spacial score (nSPS) is 10.4. The number of benzene rings is 2. The minimum Gasteiger partial charge on any atom is -0.452 e. The Balaban J connectivity index is 2.01. The van der Waals surface area contributed by atoms with Gasteiger partial charge in [0.2, 0.25) is 0 Å². The van der Waals surface area contributed by atoms with E-state index in [4.69, 9.17) is 16.3 Å². The Hall–Kier alpha value is -3.12. The fourth-order valence-electron chi connectivity index (χ4n) is 2.11. The summed E-state index contributed by atoms with van der Waals surface area (Å²) in [6.07, 6.45) is 3.59. The van der Waals surface area contributed by atoms with E-state index in [0.717, 1.165) is 0 Å². The van der Waals surface area contributed by atoms with Gasteiger partial charge in [0.1, 0.15) is 0 Å². The molecule has 2 aromatic carbocycles. The highest BCUT2D eigenvalue weighted by Gasteiger charge is 2.14. The number of carbonyl (C=O) groups excluding carboxylic acids is 3. The van der Waals surface area contributed by atoms with Crippen LogP contribution in [0, 0.1) is 0 Å². The standard InChI is InChI=1S/C20H19ClN2O4/c1-2-3-8-19(25)27-13-18(24)23-17-7-5-4-6-16(17)20(26)22-15-11-9-14(21)10-12-15/h3-12H,2,13H2,1H3,(H,22,26)(H,23,24)/b8-3+. The van der Waals surface area contributed by atoms with E-state index in [2.05, 4.69) is 10.6 Å². The lowest BCUT2D eigenvalue weighted by Crippen LogP contribution is -2.22. The Morgan fingerprint density at radius 2 is 1.74 bits per heavy atom. The number of halogens is 1. The van der Waals surface area contributed by atoms with Gasteiger partial charge in [-0.05, 0) is 42.8 Å². The summed E-state index contributed by atoms with van der Waals surface area (Å²) in [5.74, 6) is -1.53. The molecule has 0 aromatic heterocycles. The molecule has 7 heteroatoms. The van der Waals surface area contributed by atoms with Crippen molar-refractivity contribution >= 4 is 40.8 Å². The van der Waals surface area contributed by atoms with Crippen LogP contribution in [-0.2, 0) is 14.3 Å². The van der Waals surface area contributed by atoms with Crippen molar-refractivity contribution in [1.29, 1.82) is 0 Å². The van der Waals surface area contributed by atoms with Crippen LogP contribution >= 0.6 is 11.6 Å². The molecule has 0 aliphatic heterocycles. The molecular formula is C20H19ClN2O4. The average molecular weight is 387 g/mol. The molecular weight excluding hydrogens is 368 g/mol. The fraction of sp³-hybridized carbons (Fsp3) is 0.150. The molecule has 2 rings (SSSR count). The Kier molecular flexibility index (Phi) is 7.58. The molecule has 2 aromatic rings. The number of esters is 1. The number of ether oxygens (including phenoxy) is 1. The number of anilines is 2. The minimum atomic E-state index is -0.597. The maximum Gasteiger partial charge on any atom is 0.330 e. The topological polar surface area (TPSA) is 84.5 Å². The van der Waals surface area contributed by atoms with E-state index in [1.165, 1.54) is 6.08 Å². The van der Waals surface area contributed by atoms with Crippen molar-refractivity contribution in [1.82, 2.24) is 0 Å². The molecule has 0 unspecified atom stereocenters. The van der Waals surface area contributed by atoms with Crippen LogP contribution in [0.15, 0.2) is 60.7 Å². The van der Waals surface area contributed by atoms with E-state index in [1.807, 2.05) is 6.92 Å². The monoisotopic (exact) mass is 386 g/mol. The maximum atomic E-state index is 12.5. The quantitative estimate of drug-likeness (QED) is 0.555. The highest BCUT2D eigenvalue weighted by molar-refractivity contribution is 6.30. The van der Waals surface area contributed by atoms with Crippen LogP contribution in [0.2, 0.25) is 5.02 Å². The van der Waals surface area contributed by atoms with E-state index in [-0.39, 0.29) is 5.56 Å². The smallest absolute Gasteiger partial charge is 0.330 e. The summed E-state index contributed by atoms with van der Waals surface area (Å²) in [6.45, 7) is 1.43. The molecule has 140 valence electrons. The van der Waals surface area contributed by atoms with Gasteiger partial charge in [-0.25, -0.2) is 4.79 Å². The lowest BCUT2D eigenvalue weighted by Gasteiger charge is -2.11. The van der Waals surface area contributed by atoms with Crippen molar-refractivity contribution in [3.05, 3.63) is 71.3 Å². The number of carbonyl (C=O) groups is 3. The molecule has 0 fully saturated rings. The van der Waals surface area contributed by atoms with Crippen LogP contribution in [0.5, 0.6) is 0 Å². The van der Waals surface area contributed by atoms with E-state index >= 15 is 0 Å². The molecule has 0 bridgehead atoms. The number of hydrogen-bond acceptors (Lipinski definition) is 4. The van der Waals surface area contributed by atoms with Crippen LogP contribution in [0.1, 0.15) is 23.7 Å². The lowest BCUT2D eigenvalue weighted by atomic mass is 10.1. The third kappa shape index (κ3) is 6.60. The van der Waals surface area contributed by atoms with Crippen molar-refractivity contribution in [2.45, 2.75) is 13.3 Å². The van der Waals surface area contributed by atoms with Crippen LogP contribution in [0.4, 0.5) is 11.4 Å². The number of allylic oxidation sites excluding steroid dienone is 1. The molecule has 6 nitrogen and oxygen atoms in total. The maximum absolute atomic E-state index is 12.5. The summed E-state index contributed by atoms with van der Waals surface area (Å²) in [5, 5.41) is 5.86. The van der Waals surface area contributed by atoms with E-state index in [0.29, 0.717) is 22.8 Å². The molecule has 0 spiro atoms. The second-order valence-corrected chi connectivity index (χ2v) is 5.91. The summed E-state index contributed by atoms with van der Waals surface area (Å²) in [4.78, 5) is 35.9. The zero-order chi connectivity index (χ0) is 19.6. The van der Waals surface area contributed by atoms with Gasteiger partial charge in [0.05, 0.1) is 11.3 Å². The summed E-state index contributed by atoms with van der Waals surface area (Å²) in [5.41, 5.74) is 1.16. The predicted molar refractivity (Wildman–Crippen MR) is 105 cm³/mol. The van der Waals surface area contributed by atoms with Gasteiger partial charge in [0, 0.05) is 16.8 Å². The molecule has 0 saturated carbocycles. The summed E-state index contributed by atoms with van der Waals surface area (Å²) < 4.78 is 4.83. The second kappa shape index (κ2) is 10.1. The van der Waals surface area contributed by atoms with Crippen LogP contribution in [0.3, 0.4) is 0 Å². The van der Waals surface area contributed by atoms with Gasteiger partial charge in [-0.3, -0.25) is 9.59 Å². The average Bonchev–Trinajstić information content (AvgIpc) is 2.67. The largest absolute Gasteiger partial charge is 0.452 e. The number of para-hydroxylation sites is 1. The highest BCUT2D eigenvalue weighted by Crippen LogP contribution is 2.19. The zero-order valence-electron chi connectivity index (χ0n) is 14.7. The number of nitrogens with one attached hydrogen (secondary N) is 2. The first-order chi connectivity index (χ1) is 13.0. The van der Waals surface area contributed by atoms with Gasteiger partial charge in [-0.15, -0.1) is 0 Å². The Morgan fingerprint density at radius 1 is 1.04 bits per heavy atom.